The van der Waals surface area contributed by atoms with E-state index < -0.39 is 5.91 Å². The molecule has 0 aromatic heterocycles. The number of primary amides is 1. The van der Waals surface area contributed by atoms with E-state index >= 15 is 0 Å². The monoisotopic (exact) mass is 437 g/mol. The Balaban J connectivity index is 1.69. The fourth-order valence-electron chi connectivity index (χ4n) is 3.62. The van der Waals surface area contributed by atoms with Gasteiger partial charge in [-0.3, -0.25) is 9.59 Å². The zero-order valence-corrected chi connectivity index (χ0v) is 18.8. The van der Waals surface area contributed by atoms with Crippen molar-refractivity contribution in [2.75, 3.05) is 13.1 Å². The van der Waals surface area contributed by atoms with Gasteiger partial charge in [0.25, 0.3) is 5.91 Å². The van der Waals surface area contributed by atoms with E-state index in [0.29, 0.717) is 18.1 Å². The fourth-order valence-corrected chi connectivity index (χ4v) is 3.62. The molecule has 5 N–H and O–H groups in total. The van der Waals surface area contributed by atoms with E-state index in [1.807, 2.05) is 37.3 Å². The predicted molar refractivity (Wildman–Crippen MR) is 124 cm³/mol. The van der Waals surface area contributed by atoms with Crippen LogP contribution in [-0.2, 0) is 11.3 Å². The molecule has 2 amide bonds. The van der Waals surface area contributed by atoms with Crippen molar-refractivity contribution in [2.24, 2.45) is 10.7 Å². The Morgan fingerprint density at radius 1 is 1.12 bits per heavy atom. The Bertz CT molecular complexity index is 985. The van der Waals surface area contributed by atoms with Crippen LogP contribution in [0.1, 0.15) is 54.7 Å². The molecule has 3 rings (SSSR count). The number of fused-ring (bicyclic) bond motifs is 1. The van der Waals surface area contributed by atoms with Gasteiger partial charge in [0.15, 0.2) is 5.96 Å². The molecule has 8 heteroatoms. The van der Waals surface area contributed by atoms with Gasteiger partial charge in [-0.1, -0.05) is 30.3 Å². The van der Waals surface area contributed by atoms with E-state index in [4.69, 9.17) is 15.5 Å². The van der Waals surface area contributed by atoms with Gasteiger partial charge in [-0.2, -0.15) is 0 Å². The van der Waals surface area contributed by atoms with Crippen molar-refractivity contribution in [3.8, 4) is 5.75 Å². The van der Waals surface area contributed by atoms with Crippen LogP contribution in [0.15, 0.2) is 53.5 Å². The highest BCUT2D eigenvalue weighted by atomic mass is 16.5. The van der Waals surface area contributed by atoms with Crippen LogP contribution in [0.5, 0.6) is 5.75 Å². The predicted octanol–water partition coefficient (Wildman–Crippen LogP) is 2.26. The van der Waals surface area contributed by atoms with Gasteiger partial charge in [0.2, 0.25) is 5.91 Å². The minimum atomic E-state index is -0.580. The topological polar surface area (TPSA) is 118 Å². The lowest BCUT2D eigenvalue weighted by Gasteiger charge is -2.38. The Kier molecular flexibility index (Phi) is 7.35. The van der Waals surface area contributed by atoms with Crippen LogP contribution in [0, 0.1) is 0 Å². The fraction of sp³-hybridized carbons (Fsp3) is 0.375. The number of nitrogens with two attached hydrogens (primary N) is 1. The number of nitrogens with one attached hydrogen (secondary N) is 3. The van der Waals surface area contributed by atoms with Crippen LogP contribution >= 0.6 is 0 Å². The van der Waals surface area contributed by atoms with Gasteiger partial charge in [0.1, 0.15) is 11.4 Å². The number of amides is 2. The summed E-state index contributed by atoms with van der Waals surface area (Å²) in [5.74, 6) is 0.688. The van der Waals surface area contributed by atoms with Crippen molar-refractivity contribution >= 4 is 17.8 Å². The Morgan fingerprint density at radius 2 is 1.84 bits per heavy atom. The quantitative estimate of drug-likeness (QED) is 0.391. The molecule has 0 fully saturated rings. The molecule has 1 unspecified atom stereocenters. The Hall–Kier alpha value is -3.55. The van der Waals surface area contributed by atoms with Gasteiger partial charge in [0.05, 0.1) is 19.1 Å². The third-order valence-electron chi connectivity index (χ3n) is 5.09. The average molecular weight is 438 g/mol. The molecular weight excluding hydrogens is 406 g/mol. The second-order valence-corrected chi connectivity index (χ2v) is 8.34. The van der Waals surface area contributed by atoms with Gasteiger partial charge in [-0.05, 0) is 44.5 Å². The summed E-state index contributed by atoms with van der Waals surface area (Å²) in [7, 11) is 0. The number of nitrogens with zero attached hydrogens (tertiary/aromatic N) is 1. The number of hydrogen-bond donors (Lipinski definition) is 4. The maximum absolute atomic E-state index is 12.0. The van der Waals surface area contributed by atoms with E-state index in [-0.39, 0.29) is 24.1 Å². The first-order valence-electron chi connectivity index (χ1n) is 10.8. The summed E-state index contributed by atoms with van der Waals surface area (Å²) in [6, 6.07) is 15.2. The molecule has 170 valence electrons. The van der Waals surface area contributed by atoms with Crippen LogP contribution in [-0.4, -0.2) is 36.5 Å². The highest BCUT2D eigenvalue weighted by Crippen LogP contribution is 2.39. The molecule has 1 aliphatic rings. The smallest absolute Gasteiger partial charge is 0.251 e. The number of rotatable bonds is 7. The maximum Gasteiger partial charge on any atom is 0.251 e. The highest BCUT2D eigenvalue weighted by molar-refractivity contribution is 5.96. The molecule has 0 saturated carbocycles. The number of guanidine groups is 1. The van der Waals surface area contributed by atoms with Gasteiger partial charge in [0, 0.05) is 24.1 Å². The average Bonchev–Trinajstić information content (AvgIpc) is 2.75. The number of aliphatic imine (C=N–C) groups is 1. The van der Waals surface area contributed by atoms with Gasteiger partial charge >= 0.3 is 0 Å². The van der Waals surface area contributed by atoms with Crippen molar-refractivity contribution < 1.29 is 14.3 Å². The van der Waals surface area contributed by atoms with E-state index in [1.165, 1.54) is 0 Å². The molecule has 2 aromatic rings. The molecule has 8 nitrogen and oxygen atoms in total. The summed E-state index contributed by atoms with van der Waals surface area (Å²) in [4.78, 5) is 27.5. The molecule has 32 heavy (non-hydrogen) atoms. The first-order chi connectivity index (χ1) is 15.3. The standard InChI is InChI=1S/C24H31N5O3/c1-4-26-23(29-19-13-24(2,3)32-20-8-6-5-7-18(19)20)28-14-16-9-11-17(12-10-16)22(31)27-15-21(25)30/h5-12,19H,4,13-15H2,1-3H3,(H2,25,30)(H,27,31)(H2,26,28,29). The number of ether oxygens (including phenoxy) is 1. The zero-order chi connectivity index (χ0) is 23.1. The Morgan fingerprint density at radius 3 is 2.53 bits per heavy atom. The molecule has 0 saturated heterocycles. The Labute approximate surface area is 188 Å². The maximum atomic E-state index is 12.0. The summed E-state index contributed by atoms with van der Waals surface area (Å²) in [6.45, 7) is 7.20. The number of carbonyl (C=O) groups is 2. The third kappa shape index (κ3) is 6.23. The molecule has 2 aromatic carbocycles. The molecule has 1 heterocycles. The molecule has 1 atom stereocenters. The normalized spacial score (nSPS) is 17.0. The number of benzene rings is 2. The number of para-hydroxylation sites is 1. The highest BCUT2D eigenvalue weighted by Gasteiger charge is 2.33. The van der Waals surface area contributed by atoms with E-state index in [9.17, 15) is 9.59 Å². The SMILES string of the molecule is CCNC(=NCc1ccc(C(=O)NCC(N)=O)cc1)NC1CC(C)(C)Oc2ccccc21. The van der Waals surface area contributed by atoms with Crippen molar-refractivity contribution in [3.63, 3.8) is 0 Å². The lowest BCUT2D eigenvalue weighted by molar-refractivity contribution is -0.117. The third-order valence-corrected chi connectivity index (χ3v) is 5.09. The molecular formula is C24H31N5O3. The lowest BCUT2D eigenvalue weighted by Crippen LogP contribution is -2.45. The van der Waals surface area contributed by atoms with Crippen LogP contribution in [0.3, 0.4) is 0 Å². The molecule has 0 aliphatic carbocycles. The molecule has 1 aliphatic heterocycles. The summed E-state index contributed by atoms with van der Waals surface area (Å²) in [5.41, 5.74) is 7.31. The van der Waals surface area contributed by atoms with Crippen LogP contribution in [0.2, 0.25) is 0 Å². The minimum absolute atomic E-state index is 0.0732. The van der Waals surface area contributed by atoms with E-state index in [0.717, 1.165) is 29.8 Å². The van der Waals surface area contributed by atoms with Crippen molar-refractivity contribution in [1.29, 1.82) is 0 Å². The molecule has 0 radical (unpaired) electrons. The number of carbonyl (C=O) groups excluding carboxylic acids is 2. The lowest BCUT2D eigenvalue weighted by atomic mass is 9.90. The van der Waals surface area contributed by atoms with Crippen molar-refractivity contribution in [1.82, 2.24) is 16.0 Å². The summed E-state index contributed by atoms with van der Waals surface area (Å²) < 4.78 is 6.12. The van der Waals surface area contributed by atoms with Crippen LogP contribution < -0.4 is 26.4 Å². The first-order valence-corrected chi connectivity index (χ1v) is 10.8. The van der Waals surface area contributed by atoms with Crippen molar-refractivity contribution in [2.45, 2.75) is 45.4 Å². The second-order valence-electron chi connectivity index (χ2n) is 8.34. The van der Waals surface area contributed by atoms with E-state index in [2.05, 4.69) is 35.9 Å². The minimum Gasteiger partial charge on any atom is -0.487 e. The largest absolute Gasteiger partial charge is 0.487 e. The summed E-state index contributed by atoms with van der Waals surface area (Å²) >= 11 is 0. The van der Waals surface area contributed by atoms with Crippen LogP contribution in [0.4, 0.5) is 0 Å². The number of hydrogen-bond acceptors (Lipinski definition) is 4. The summed E-state index contributed by atoms with van der Waals surface area (Å²) in [6.07, 6.45) is 0.809. The van der Waals surface area contributed by atoms with Crippen molar-refractivity contribution in [3.05, 3.63) is 65.2 Å². The first kappa shape index (κ1) is 23.1. The summed E-state index contributed by atoms with van der Waals surface area (Å²) in [5, 5.41) is 9.33. The molecule has 0 spiro atoms. The van der Waals surface area contributed by atoms with Gasteiger partial charge < -0.3 is 26.4 Å². The van der Waals surface area contributed by atoms with Crippen LogP contribution in [0.25, 0.3) is 0 Å². The second kappa shape index (κ2) is 10.2. The van der Waals surface area contributed by atoms with Gasteiger partial charge in [-0.25, -0.2) is 4.99 Å². The molecule has 0 bridgehead atoms. The van der Waals surface area contributed by atoms with Gasteiger partial charge in [-0.15, -0.1) is 0 Å². The zero-order valence-electron chi connectivity index (χ0n) is 18.8. The van der Waals surface area contributed by atoms with E-state index in [1.54, 1.807) is 12.1 Å².